The number of aromatic nitrogens is 2. The molecule has 8 aromatic carbocycles. The number of hydrogen-bond donors (Lipinski definition) is 0. The van der Waals surface area contributed by atoms with Crippen LogP contribution in [0.1, 0.15) is 250 Å². The molecule has 12 aromatic rings. The first-order valence-corrected chi connectivity index (χ1v) is 35.9. The van der Waals surface area contributed by atoms with Gasteiger partial charge in [0.1, 0.15) is 0 Å². The lowest BCUT2D eigenvalue weighted by atomic mass is 9.60. The van der Waals surface area contributed by atoms with Gasteiger partial charge in [-0.05, 0) is 253 Å². The van der Waals surface area contributed by atoms with Crippen LogP contribution in [0.2, 0.25) is 0 Å². The maximum Gasteiger partial charge on any atom is 0.169 e. The Morgan fingerprint density at radius 1 is 0.283 bits per heavy atom. The van der Waals surface area contributed by atoms with Crippen LogP contribution >= 0.6 is 0 Å². The molecule has 92 heavy (non-hydrogen) atoms. The highest BCUT2D eigenvalue weighted by atomic mass is 16.1. The zero-order valence-corrected chi connectivity index (χ0v) is 56.2. The van der Waals surface area contributed by atoms with Crippen molar-refractivity contribution in [1.82, 2.24) is 8.80 Å². The number of carbonyl (C=O) groups excluding carboxylic acids is 4. The second kappa shape index (κ2) is 16.8. The van der Waals surface area contributed by atoms with Crippen molar-refractivity contribution < 1.29 is 19.2 Å². The average molecular weight is 1210 g/mol. The fourth-order valence-electron chi connectivity index (χ4n) is 23.5. The Morgan fingerprint density at radius 2 is 0.554 bits per heavy atom. The largest absolute Gasteiger partial charge is 0.308 e. The van der Waals surface area contributed by atoms with E-state index in [1.165, 1.54) is 109 Å². The van der Waals surface area contributed by atoms with E-state index >= 15 is 19.2 Å². The summed E-state index contributed by atoms with van der Waals surface area (Å²) in [7, 11) is 0. The summed E-state index contributed by atoms with van der Waals surface area (Å²) in [4.78, 5) is 63.2. The molecule has 0 aliphatic heterocycles. The zero-order chi connectivity index (χ0) is 63.2. The van der Waals surface area contributed by atoms with E-state index in [9.17, 15) is 0 Å². The molecule has 0 unspecified atom stereocenters. The normalized spacial score (nSPS) is 31.2. The molecule has 6 nitrogen and oxygen atoms in total. The number of Topliss-reactive ketones (excluding diaryl/α,β-unsaturated/α-hetero) is 4. The van der Waals surface area contributed by atoms with Gasteiger partial charge in [-0.2, -0.15) is 0 Å². The van der Waals surface area contributed by atoms with Gasteiger partial charge in [0.15, 0.2) is 23.1 Å². The molecule has 4 saturated carbocycles. The fourth-order valence-corrected chi connectivity index (χ4v) is 23.5. The Bertz CT molecular complexity index is 5520. The van der Waals surface area contributed by atoms with E-state index in [0.29, 0.717) is 23.1 Å². The monoisotopic (exact) mass is 1210 g/mol. The number of carbonyl (C=O) groups is 4. The zero-order valence-electron chi connectivity index (χ0n) is 56.2. The summed E-state index contributed by atoms with van der Waals surface area (Å²) in [5.41, 5.74) is 12.7. The second-order valence-electron chi connectivity index (χ2n) is 34.8. The topological polar surface area (TPSA) is 77.1 Å². The van der Waals surface area contributed by atoms with E-state index in [2.05, 4.69) is 177 Å². The molecule has 4 aromatic heterocycles. The van der Waals surface area contributed by atoms with Crippen LogP contribution in [-0.2, 0) is 21.7 Å². The van der Waals surface area contributed by atoms with Crippen LogP contribution in [0, 0.1) is 45.3 Å². The Kier molecular flexibility index (Phi) is 10.1. The van der Waals surface area contributed by atoms with Gasteiger partial charge in [-0.3, -0.25) is 19.2 Å². The van der Waals surface area contributed by atoms with Crippen molar-refractivity contribution in [2.75, 3.05) is 0 Å². The highest BCUT2D eigenvalue weighted by Crippen LogP contribution is 2.64. The van der Waals surface area contributed by atoms with Crippen LogP contribution in [-0.4, -0.2) is 31.9 Å². The molecular weight excluding hydrogens is 1120 g/mol. The first kappa shape index (κ1) is 55.3. The van der Waals surface area contributed by atoms with E-state index in [1.807, 2.05) is 0 Å². The third-order valence-electron chi connectivity index (χ3n) is 30.2. The number of rotatable bonds is 4. The lowest BCUT2D eigenvalue weighted by Gasteiger charge is -2.42. The molecule has 4 heterocycles. The number of fused-ring (bicyclic) bond motifs is 28. The standard InChI is InChI=1S/C86H86N2O4/c1-43(2)83-25-17-79(9,18-26-83)61-35-49-52-33-51-47-15-13-14-16-48(47)69-60(70(51)72-59-38-64-57(78(92)86(46(7)8)31-23-82(64,12)24-32-86)42-68(59)87(73(52)72)65(49)39-54(61)75(83)89)34-53-50-36-62-55(76(90)84(44(3)4)27-19-80(62,10)20-28-84)40-66(50)88-67-41-56-63(37-58(67)71(69)74(53)88)81(11)21-29-85(30-22-81,45(5)6)77(56)91/h13-16,33-46H,17-32H2,1-12H3. The minimum absolute atomic E-state index is 0.128. The number of ketones is 4. The van der Waals surface area contributed by atoms with Crippen molar-refractivity contribution in [2.24, 2.45) is 45.3 Å². The van der Waals surface area contributed by atoms with Gasteiger partial charge in [-0.1, -0.05) is 107 Å². The van der Waals surface area contributed by atoms with Crippen molar-refractivity contribution in [3.05, 3.63) is 129 Å². The molecule has 8 bridgehead atoms. The minimum Gasteiger partial charge on any atom is -0.308 e. The molecule has 0 spiro atoms. The van der Waals surface area contributed by atoms with E-state index in [4.69, 9.17) is 0 Å². The minimum atomic E-state index is -0.412. The molecule has 12 aliphatic rings. The van der Waals surface area contributed by atoms with Gasteiger partial charge in [0.25, 0.3) is 0 Å². The summed E-state index contributed by atoms with van der Waals surface area (Å²) >= 11 is 0. The quantitative estimate of drug-likeness (QED) is 0.165. The Hall–Kier alpha value is -7.18. The Balaban J connectivity index is 1.01. The van der Waals surface area contributed by atoms with Crippen molar-refractivity contribution in [3.8, 4) is 0 Å². The number of hydrogen-bond acceptors (Lipinski definition) is 4. The van der Waals surface area contributed by atoms with Crippen molar-refractivity contribution >= 4 is 132 Å². The summed E-state index contributed by atoms with van der Waals surface area (Å²) in [6, 6.07) is 33.6. The lowest BCUT2D eigenvalue weighted by molar-refractivity contribution is 0.0537. The highest BCUT2D eigenvalue weighted by Gasteiger charge is 2.57. The molecule has 464 valence electrons. The maximum atomic E-state index is 15.9. The number of nitrogens with zero attached hydrogens (tertiary/aromatic N) is 2. The molecule has 12 aliphatic carbocycles. The van der Waals surface area contributed by atoms with E-state index in [1.54, 1.807) is 0 Å². The van der Waals surface area contributed by atoms with Crippen molar-refractivity contribution in [1.29, 1.82) is 0 Å². The van der Waals surface area contributed by atoms with Gasteiger partial charge in [-0.15, -0.1) is 0 Å². The lowest BCUT2D eigenvalue weighted by Crippen LogP contribution is -2.39. The van der Waals surface area contributed by atoms with Gasteiger partial charge in [0, 0.05) is 97.8 Å². The third kappa shape index (κ3) is 6.01. The summed E-state index contributed by atoms with van der Waals surface area (Å²) in [5.74, 6) is 2.13. The molecular formula is C86H86N2O4. The van der Waals surface area contributed by atoms with E-state index in [-0.39, 0.29) is 45.3 Å². The smallest absolute Gasteiger partial charge is 0.169 e. The molecule has 0 atom stereocenters. The van der Waals surface area contributed by atoms with Crippen LogP contribution in [0.25, 0.3) is 109 Å². The Morgan fingerprint density at radius 3 is 0.870 bits per heavy atom. The fraction of sp³-hybridized carbons (Fsp3) is 0.465. The molecule has 0 radical (unpaired) electrons. The van der Waals surface area contributed by atoms with Gasteiger partial charge >= 0.3 is 0 Å². The van der Waals surface area contributed by atoms with Gasteiger partial charge in [-0.25, -0.2) is 0 Å². The van der Waals surface area contributed by atoms with Crippen LogP contribution in [0.15, 0.2) is 84.9 Å². The summed E-state index contributed by atoms with van der Waals surface area (Å²) in [5, 5.41) is 16.8. The van der Waals surface area contributed by atoms with Gasteiger partial charge in [0.2, 0.25) is 0 Å². The van der Waals surface area contributed by atoms with Gasteiger partial charge in [0.05, 0.1) is 33.1 Å². The maximum absolute atomic E-state index is 15.9. The van der Waals surface area contributed by atoms with Crippen LogP contribution in [0.3, 0.4) is 0 Å². The Labute approximate surface area is 538 Å². The van der Waals surface area contributed by atoms with Crippen molar-refractivity contribution in [2.45, 2.75) is 207 Å². The van der Waals surface area contributed by atoms with Crippen LogP contribution < -0.4 is 0 Å². The predicted molar refractivity (Wildman–Crippen MR) is 378 cm³/mol. The average Bonchev–Trinajstić information content (AvgIpc) is 1.48. The van der Waals surface area contributed by atoms with Crippen LogP contribution in [0.4, 0.5) is 0 Å². The summed E-state index contributed by atoms with van der Waals surface area (Å²) < 4.78 is 5.05. The van der Waals surface area contributed by atoms with E-state index in [0.717, 1.165) is 147 Å². The summed E-state index contributed by atoms with van der Waals surface area (Å²) in [6.07, 6.45) is 15.1. The first-order valence-electron chi connectivity index (χ1n) is 35.9. The molecule has 0 saturated heterocycles. The van der Waals surface area contributed by atoms with E-state index < -0.39 is 21.7 Å². The molecule has 4 fully saturated rings. The molecule has 0 N–H and O–H groups in total. The highest BCUT2D eigenvalue weighted by molar-refractivity contribution is 6.46. The molecule has 6 heteroatoms. The van der Waals surface area contributed by atoms with Crippen molar-refractivity contribution in [3.63, 3.8) is 0 Å². The predicted octanol–water partition coefficient (Wildman–Crippen LogP) is 22.1. The first-order chi connectivity index (χ1) is 43.9. The SMILES string of the molecule is CC(C)C12CCC(C)(CC1)c1cc3c4cc5c6ccccc6c6c(cc7c8cc9c(cc8n8c%10cc%11c(cc%10c6c78)C6(C)CCC(C(C)C)(CC6)C%11=O)C(=O)C6(C(C)C)CCC9(C)CC6)c5c5c6cc7c(cc6n(c3cc1C2=O)c45)C(=O)C1(C(C)C)CCC7(C)CC1. The van der Waals surface area contributed by atoms with Gasteiger partial charge < -0.3 is 8.80 Å². The third-order valence-corrected chi connectivity index (χ3v) is 30.2. The molecule has 0 amide bonds. The number of benzene rings is 8. The second-order valence-corrected chi connectivity index (χ2v) is 34.8. The summed E-state index contributed by atoms with van der Waals surface area (Å²) in [6.45, 7) is 28.0. The van der Waals surface area contributed by atoms with Crippen LogP contribution in [0.5, 0.6) is 0 Å². The molecule has 24 rings (SSSR count).